The molecule has 2 aliphatic rings. The Bertz CT molecular complexity index is 4610. The normalized spacial score (nSPS) is 12.2. The Kier molecular flexibility index (Phi) is 24.7. The number of nitrogens with one attached hydrogen (secondary N) is 4. The van der Waals surface area contributed by atoms with Gasteiger partial charge in [0.25, 0.3) is 0 Å². The first kappa shape index (κ1) is 70.8. The van der Waals surface area contributed by atoms with Gasteiger partial charge in [0, 0.05) is 146 Å². The van der Waals surface area contributed by atoms with Crippen molar-refractivity contribution in [2.24, 2.45) is 0 Å². The molecule has 0 bridgehead atoms. The molecule has 0 saturated heterocycles. The number of nitrogens with two attached hydrogens (primary N) is 4. The van der Waals surface area contributed by atoms with Gasteiger partial charge in [0.05, 0.1) is 17.1 Å². The minimum Gasteiger partial charge on any atom is -0.368 e. The van der Waals surface area contributed by atoms with E-state index in [9.17, 15) is 4.39 Å². The summed E-state index contributed by atoms with van der Waals surface area (Å²) < 4.78 is 14.6. The predicted octanol–water partition coefficient (Wildman–Crippen LogP) is 17.5. The third kappa shape index (κ3) is 21.3. The van der Waals surface area contributed by atoms with Crippen LogP contribution in [0.3, 0.4) is 0 Å². The summed E-state index contributed by atoms with van der Waals surface area (Å²) in [4.78, 5) is 59.2. The highest BCUT2D eigenvalue weighted by Crippen LogP contribution is 2.36. The monoisotopic (exact) mass is 1400 g/mol. The second-order valence-electron chi connectivity index (χ2n) is 24.0. The molecule has 14 rings (SSSR count). The number of anilines is 12. The van der Waals surface area contributed by atoms with E-state index in [1.165, 1.54) is 52.4 Å². The van der Waals surface area contributed by atoms with Crippen molar-refractivity contribution in [1.82, 2.24) is 59.8 Å². The minimum absolute atomic E-state index is 0.0848. The van der Waals surface area contributed by atoms with Gasteiger partial charge in [-0.3, -0.25) is 19.9 Å². The van der Waals surface area contributed by atoms with Crippen molar-refractivity contribution < 1.29 is 4.39 Å². The largest absolute Gasteiger partial charge is 0.368 e. The summed E-state index contributed by atoms with van der Waals surface area (Å²) in [5.41, 5.74) is 33.0. The smallest absolute Gasteiger partial charge is 0.222 e. The van der Waals surface area contributed by atoms with E-state index in [1.54, 1.807) is 90.9 Å². The van der Waals surface area contributed by atoms with E-state index in [-0.39, 0.29) is 29.1 Å². The Morgan fingerprint density at radius 3 is 1.17 bits per heavy atom. The van der Waals surface area contributed by atoms with Gasteiger partial charge in [-0.05, 0) is 197 Å². The van der Waals surface area contributed by atoms with Crippen LogP contribution in [0.4, 0.5) is 74.2 Å². The fraction of sp³-hybridized carbons (Fsp3) is 0.200. The Morgan fingerprint density at radius 1 is 0.370 bits per heavy atom. The molecule has 0 radical (unpaired) electrons. The van der Waals surface area contributed by atoms with E-state index < -0.39 is 0 Å². The van der Waals surface area contributed by atoms with Crippen LogP contribution in [-0.2, 0) is 37.5 Å². The molecule has 12 aromatic rings. The minimum atomic E-state index is -0.282. The average Bonchev–Trinajstić information content (AvgIpc) is 1.13. The highest BCUT2D eigenvalue weighted by molar-refractivity contribution is 8.00. The summed E-state index contributed by atoms with van der Waals surface area (Å²) in [6.45, 7) is 8.34. The number of halogens is 1. The Labute approximate surface area is 598 Å². The number of hydrogen-bond donors (Lipinski definition) is 8. The molecule has 0 aliphatic heterocycles. The number of aromatic nitrogens is 12. The lowest BCUT2D eigenvalue weighted by molar-refractivity contribution is 0.568. The van der Waals surface area contributed by atoms with Gasteiger partial charge in [-0.1, -0.05) is 81.2 Å². The van der Waals surface area contributed by atoms with Gasteiger partial charge in [-0.15, -0.1) is 0 Å². The zero-order chi connectivity index (χ0) is 69.6. The molecule has 0 amide bonds. The summed E-state index contributed by atoms with van der Waals surface area (Å²) in [5, 5.41) is 13.2. The molecular formula is C75H77FN20S4. The molecule has 100 heavy (non-hydrogen) atoms. The topological polar surface area (TPSA) is 307 Å². The van der Waals surface area contributed by atoms with Crippen LogP contribution in [0.1, 0.15) is 93.7 Å². The fourth-order valence-electron chi connectivity index (χ4n) is 10.5. The molecule has 0 fully saturated rings. The molecular weight excluding hydrogens is 1330 g/mol. The number of pyridine rings is 4. The van der Waals surface area contributed by atoms with E-state index in [0.29, 0.717) is 34.0 Å². The zero-order valence-electron chi connectivity index (χ0n) is 55.8. The maximum Gasteiger partial charge on any atom is 0.222 e. The number of nitrogens with zero attached hydrogens (tertiary/aromatic N) is 12. The quantitative estimate of drug-likeness (QED) is 0.0393. The van der Waals surface area contributed by atoms with Crippen molar-refractivity contribution in [3.8, 4) is 0 Å². The van der Waals surface area contributed by atoms with Crippen LogP contribution >= 0.6 is 47.0 Å². The van der Waals surface area contributed by atoms with Crippen molar-refractivity contribution in [3.63, 3.8) is 0 Å². The summed E-state index contributed by atoms with van der Waals surface area (Å²) in [5.74, 6) is 3.82. The summed E-state index contributed by atoms with van der Waals surface area (Å²) in [6, 6.07) is 49.4. The Balaban J connectivity index is 0.000000135. The number of aryl methyl sites for hydroxylation is 3. The third-order valence-corrected chi connectivity index (χ3v) is 19.5. The highest BCUT2D eigenvalue weighted by Gasteiger charge is 2.21. The van der Waals surface area contributed by atoms with E-state index >= 15 is 0 Å². The van der Waals surface area contributed by atoms with Crippen LogP contribution in [-0.4, -0.2) is 59.8 Å². The van der Waals surface area contributed by atoms with Gasteiger partial charge in [-0.2, -0.15) is 19.9 Å². The first-order valence-electron chi connectivity index (χ1n) is 32.7. The van der Waals surface area contributed by atoms with Gasteiger partial charge in [0.2, 0.25) is 23.8 Å². The molecule has 0 spiro atoms. The molecule has 12 N–H and O–H groups in total. The first-order chi connectivity index (χ1) is 48.6. The molecule has 4 aromatic carbocycles. The molecule has 2 aliphatic carbocycles. The number of fused-ring (bicyclic) bond motifs is 2. The molecule has 20 nitrogen and oxygen atoms in total. The summed E-state index contributed by atoms with van der Waals surface area (Å²) in [7, 11) is 0. The predicted molar refractivity (Wildman–Crippen MR) is 404 cm³/mol. The zero-order valence-corrected chi connectivity index (χ0v) is 59.1. The van der Waals surface area contributed by atoms with E-state index in [4.69, 9.17) is 22.9 Å². The maximum absolute atomic E-state index is 14.6. The van der Waals surface area contributed by atoms with Crippen LogP contribution in [0.15, 0.2) is 240 Å². The van der Waals surface area contributed by atoms with Gasteiger partial charge < -0.3 is 44.2 Å². The van der Waals surface area contributed by atoms with E-state index in [1.807, 2.05) is 97.9 Å². The van der Waals surface area contributed by atoms with Crippen LogP contribution < -0.4 is 44.2 Å². The second kappa shape index (κ2) is 34.8. The van der Waals surface area contributed by atoms with Gasteiger partial charge in [-0.25, -0.2) is 24.3 Å². The standard InChI is InChI=1S/C20H20FN5S.C19H19N5S.C19H21N5S.C17H17N5S/c21-16-12-13(6-7-18(16)27-14-8-10-23-11-9-14)24-19-15-4-2-1-3-5-17(15)25-20(22)26-19;20-19-23-17-4-2-1-3-16(17)18(24-19)22-13-5-7-14(8-6-13)25-15-9-11-21-12-10-15;1-19(2,3)16-12-17(24-18(20)23-16)22-13-4-6-14(7-5-13)25-15-8-10-21-11-9-15;1-2-12-11-16(22-17(18)21-12)20-13-3-5-14(6-4-13)23-15-7-9-19-10-8-15/h6-12H,1-5H2,(H3,22,24,25,26);5-12H,1-4H2,(H3,20,22,23,24);4-12H,1-3H3,(H3,20,22,23,24);3-11H,2H2,1H3,(H3,18,20,21,22). The van der Waals surface area contributed by atoms with Crippen LogP contribution in [0.25, 0.3) is 0 Å². The van der Waals surface area contributed by atoms with Crippen molar-refractivity contribution >= 4 is 117 Å². The number of benzene rings is 4. The molecule has 0 atom stereocenters. The third-order valence-electron chi connectivity index (χ3n) is 15.4. The molecule has 0 unspecified atom stereocenters. The lowest BCUT2D eigenvalue weighted by atomic mass is 9.92. The fourth-order valence-corrected chi connectivity index (χ4v) is 13.7. The molecule has 8 aromatic heterocycles. The second-order valence-corrected chi connectivity index (χ2v) is 28.6. The van der Waals surface area contributed by atoms with Crippen LogP contribution in [0.5, 0.6) is 0 Å². The van der Waals surface area contributed by atoms with Gasteiger partial charge in [0.15, 0.2) is 0 Å². The van der Waals surface area contributed by atoms with Gasteiger partial charge in [0.1, 0.15) is 29.1 Å². The number of rotatable bonds is 17. The van der Waals surface area contributed by atoms with Gasteiger partial charge >= 0.3 is 0 Å². The Hall–Kier alpha value is -10.5. The lowest BCUT2D eigenvalue weighted by Crippen LogP contribution is -2.16. The number of nitrogen functional groups attached to an aromatic ring is 4. The van der Waals surface area contributed by atoms with Crippen LogP contribution in [0, 0.1) is 5.82 Å². The molecule has 25 heteroatoms. The lowest BCUT2D eigenvalue weighted by Gasteiger charge is -2.19. The first-order valence-corrected chi connectivity index (χ1v) is 35.9. The van der Waals surface area contributed by atoms with Crippen molar-refractivity contribution in [2.75, 3.05) is 44.2 Å². The molecule has 0 saturated carbocycles. The molecule has 8 heterocycles. The summed E-state index contributed by atoms with van der Waals surface area (Å²) in [6.07, 6.45) is 24.6. The Morgan fingerprint density at radius 2 is 0.730 bits per heavy atom. The van der Waals surface area contributed by atoms with Crippen LogP contribution in [0.2, 0.25) is 0 Å². The van der Waals surface area contributed by atoms with E-state index in [2.05, 4.69) is 150 Å². The highest BCUT2D eigenvalue weighted by atomic mass is 32.2. The van der Waals surface area contributed by atoms with E-state index in [0.717, 1.165) is 121 Å². The molecule has 508 valence electrons. The summed E-state index contributed by atoms with van der Waals surface area (Å²) >= 11 is 6.48. The maximum atomic E-state index is 14.6. The average molecular weight is 1410 g/mol. The van der Waals surface area contributed by atoms with Crippen molar-refractivity contribution in [3.05, 3.63) is 241 Å². The SMILES string of the molecule is CC(C)(C)c1cc(Nc2ccc(Sc3ccncc3)cc2)nc(N)n1.CCc1cc(Nc2ccc(Sc3ccncc3)cc2)nc(N)n1.Nc1nc2c(c(Nc3ccc(Sc4ccncc4)c(F)c3)n1)CCCCC2.Nc1nc2c(c(Nc3ccc(Sc4ccncc4)cc3)n1)CCCC2. The number of hydrogen-bond acceptors (Lipinski definition) is 24. The van der Waals surface area contributed by atoms with Crippen molar-refractivity contribution in [1.29, 1.82) is 0 Å². The van der Waals surface area contributed by atoms with Crippen molar-refractivity contribution in [2.45, 2.75) is 136 Å².